The highest BCUT2D eigenvalue weighted by molar-refractivity contribution is 7.18. The molecule has 3 aromatic rings. The molecule has 5 nitrogen and oxygen atoms in total. The molecule has 1 N–H and O–H groups in total. The van der Waals surface area contributed by atoms with Crippen LogP contribution in [0, 0.1) is 6.92 Å². The molecule has 0 saturated heterocycles. The lowest BCUT2D eigenvalue weighted by molar-refractivity contribution is 0.0758. The van der Waals surface area contributed by atoms with Gasteiger partial charge in [0.1, 0.15) is 0 Å². The molecule has 0 aliphatic carbocycles. The number of carbonyl (C=O) groups excluding carboxylic acids is 2. The van der Waals surface area contributed by atoms with Gasteiger partial charge in [0, 0.05) is 11.4 Å². The molecule has 0 atom stereocenters. The fourth-order valence-electron chi connectivity index (χ4n) is 2.40. The molecule has 0 radical (unpaired) electrons. The van der Waals surface area contributed by atoms with Crippen LogP contribution in [-0.4, -0.2) is 23.3 Å². The van der Waals surface area contributed by atoms with E-state index in [0.717, 1.165) is 10.4 Å². The Morgan fingerprint density at radius 3 is 2.76 bits per heavy atom. The molecule has 25 heavy (non-hydrogen) atoms. The second kappa shape index (κ2) is 7.67. The van der Waals surface area contributed by atoms with E-state index in [-0.39, 0.29) is 17.6 Å². The first-order chi connectivity index (χ1) is 12.1. The van der Waals surface area contributed by atoms with Crippen LogP contribution in [0.25, 0.3) is 0 Å². The molecular weight excluding hydrogens is 356 g/mol. The molecule has 0 fully saturated rings. The van der Waals surface area contributed by atoms with Crippen molar-refractivity contribution in [2.75, 3.05) is 11.9 Å². The topological polar surface area (TPSA) is 62.6 Å². The smallest absolute Gasteiger partial charge is 0.291 e. The molecular formula is C18H18N2O3S2. The maximum atomic E-state index is 12.9. The van der Waals surface area contributed by atoms with Gasteiger partial charge in [-0.15, -0.1) is 22.7 Å². The maximum absolute atomic E-state index is 12.9. The van der Waals surface area contributed by atoms with Crippen LogP contribution in [0.3, 0.4) is 0 Å². The highest BCUT2D eigenvalue weighted by Crippen LogP contribution is 2.29. The van der Waals surface area contributed by atoms with E-state index in [1.54, 1.807) is 23.5 Å². The molecule has 130 valence electrons. The summed E-state index contributed by atoms with van der Waals surface area (Å²) in [4.78, 5) is 28.5. The van der Waals surface area contributed by atoms with Gasteiger partial charge in [0.05, 0.1) is 22.7 Å². The molecule has 0 aliphatic heterocycles. The fourth-order valence-corrected chi connectivity index (χ4v) is 4.15. The molecule has 0 aliphatic rings. The van der Waals surface area contributed by atoms with Gasteiger partial charge in [-0.25, -0.2) is 0 Å². The normalized spacial score (nSPS) is 10.6. The van der Waals surface area contributed by atoms with Gasteiger partial charge in [0.2, 0.25) is 0 Å². The van der Waals surface area contributed by atoms with Crippen molar-refractivity contribution in [1.82, 2.24) is 4.90 Å². The molecule has 0 bridgehead atoms. The third-order valence-electron chi connectivity index (χ3n) is 3.69. The first-order valence-electron chi connectivity index (χ1n) is 7.85. The van der Waals surface area contributed by atoms with Crippen molar-refractivity contribution in [3.8, 4) is 0 Å². The van der Waals surface area contributed by atoms with Crippen LogP contribution < -0.4 is 5.32 Å². The van der Waals surface area contributed by atoms with Crippen molar-refractivity contribution in [2.24, 2.45) is 0 Å². The summed E-state index contributed by atoms with van der Waals surface area (Å²) in [5, 5.41) is 5.42. The number of aryl methyl sites for hydroxylation is 1. The summed E-state index contributed by atoms with van der Waals surface area (Å²) in [6.07, 6.45) is 1.45. The summed E-state index contributed by atoms with van der Waals surface area (Å²) >= 11 is 2.93. The fraction of sp³-hybridized carbons (Fsp3) is 0.222. The minimum absolute atomic E-state index is 0.0168. The Hall–Kier alpha value is -2.38. The summed E-state index contributed by atoms with van der Waals surface area (Å²) in [6, 6.07) is 9.08. The van der Waals surface area contributed by atoms with Crippen LogP contribution in [0.1, 0.15) is 37.6 Å². The molecule has 0 aromatic carbocycles. The quantitative estimate of drug-likeness (QED) is 0.684. The zero-order valence-electron chi connectivity index (χ0n) is 13.9. The number of furan rings is 1. The zero-order valence-corrected chi connectivity index (χ0v) is 15.6. The van der Waals surface area contributed by atoms with E-state index in [0.29, 0.717) is 23.0 Å². The molecule has 3 rings (SSSR count). The standard InChI is InChI=1S/C18H18N2O3S2/c1-3-20(11-13-6-5-9-24-13)18(22)16-12(2)10-15(25-16)19-17(21)14-7-4-8-23-14/h4-10H,3,11H2,1-2H3,(H,19,21). The second-order valence-corrected chi connectivity index (χ2v) is 7.54. The average molecular weight is 374 g/mol. The molecule has 3 heterocycles. The van der Waals surface area contributed by atoms with Gasteiger partial charge in [0.25, 0.3) is 11.8 Å². The van der Waals surface area contributed by atoms with E-state index in [4.69, 9.17) is 4.42 Å². The van der Waals surface area contributed by atoms with Gasteiger partial charge >= 0.3 is 0 Å². The predicted molar refractivity (Wildman–Crippen MR) is 100 cm³/mol. The molecule has 0 unspecified atom stereocenters. The van der Waals surface area contributed by atoms with Crippen LogP contribution in [0.4, 0.5) is 5.00 Å². The molecule has 0 spiro atoms. The minimum Gasteiger partial charge on any atom is -0.459 e. The number of hydrogen-bond acceptors (Lipinski definition) is 5. The number of anilines is 1. The number of carbonyl (C=O) groups is 2. The first-order valence-corrected chi connectivity index (χ1v) is 9.55. The Bertz CT molecular complexity index is 851. The van der Waals surface area contributed by atoms with Crippen molar-refractivity contribution in [1.29, 1.82) is 0 Å². The number of hydrogen-bond donors (Lipinski definition) is 1. The first kappa shape index (κ1) is 17.4. The SMILES string of the molecule is CCN(Cc1cccs1)C(=O)c1sc(NC(=O)c2ccco2)cc1C. The Balaban J connectivity index is 1.74. The minimum atomic E-state index is -0.323. The number of amides is 2. The van der Waals surface area contributed by atoms with Crippen LogP contribution in [-0.2, 0) is 6.54 Å². The van der Waals surface area contributed by atoms with Crippen LogP contribution >= 0.6 is 22.7 Å². The Morgan fingerprint density at radius 1 is 1.28 bits per heavy atom. The van der Waals surface area contributed by atoms with E-state index in [2.05, 4.69) is 5.32 Å². The van der Waals surface area contributed by atoms with Crippen LogP contribution in [0.5, 0.6) is 0 Å². The summed E-state index contributed by atoms with van der Waals surface area (Å²) in [6.45, 7) is 5.07. The van der Waals surface area contributed by atoms with E-state index in [1.807, 2.05) is 42.3 Å². The maximum Gasteiger partial charge on any atom is 0.291 e. The lowest BCUT2D eigenvalue weighted by Crippen LogP contribution is -2.29. The van der Waals surface area contributed by atoms with Gasteiger partial charge in [-0.2, -0.15) is 0 Å². The Labute approximate surface area is 153 Å². The lowest BCUT2D eigenvalue weighted by atomic mass is 10.2. The molecule has 0 saturated carbocycles. The number of nitrogens with one attached hydrogen (secondary N) is 1. The Morgan fingerprint density at radius 2 is 2.12 bits per heavy atom. The third kappa shape index (κ3) is 4.00. The Kier molecular flexibility index (Phi) is 5.35. The molecule has 3 aromatic heterocycles. The highest BCUT2D eigenvalue weighted by Gasteiger charge is 2.21. The number of thiophene rings is 2. The van der Waals surface area contributed by atoms with Crippen molar-refractivity contribution in [3.63, 3.8) is 0 Å². The zero-order chi connectivity index (χ0) is 17.8. The lowest BCUT2D eigenvalue weighted by Gasteiger charge is -2.19. The van der Waals surface area contributed by atoms with Gasteiger partial charge < -0.3 is 14.6 Å². The summed E-state index contributed by atoms with van der Waals surface area (Å²) in [7, 11) is 0. The van der Waals surface area contributed by atoms with Gasteiger partial charge in [-0.1, -0.05) is 6.07 Å². The van der Waals surface area contributed by atoms with Gasteiger partial charge in [-0.05, 0) is 49.1 Å². The summed E-state index contributed by atoms with van der Waals surface area (Å²) in [5.41, 5.74) is 0.856. The van der Waals surface area contributed by atoms with Gasteiger partial charge in [0.15, 0.2) is 5.76 Å². The van der Waals surface area contributed by atoms with Crippen LogP contribution in [0.2, 0.25) is 0 Å². The van der Waals surface area contributed by atoms with E-state index < -0.39 is 0 Å². The summed E-state index contributed by atoms with van der Waals surface area (Å²) < 4.78 is 5.08. The average Bonchev–Trinajstić information content (AvgIpc) is 3.34. The van der Waals surface area contributed by atoms with E-state index >= 15 is 0 Å². The monoisotopic (exact) mass is 374 g/mol. The van der Waals surface area contributed by atoms with E-state index in [1.165, 1.54) is 17.6 Å². The second-order valence-electron chi connectivity index (χ2n) is 5.45. The summed E-state index contributed by atoms with van der Waals surface area (Å²) in [5.74, 6) is -0.0973. The molecule has 7 heteroatoms. The highest BCUT2D eigenvalue weighted by atomic mass is 32.1. The van der Waals surface area contributed by atoms with Crippen LogP contribution in [0.15, 0.2) is 46.4 Å². The molecule has 2 amide bonds. The van der Waals surface area contributed by atoms with E-state index in [9.17, 15) is 9.59 Å². The van der Waals surface area contributed by atoms with Crippen molar-refractivity contribution < 1.29 is 14.0 Å². The van der Waals surface area contributed by atoms with Crippen molar-refractivity contribution in [2.45, 2.75) is 20.4 Å². The number of nitrogens with zero attached hydrogens (tertiary/aromatic N) is 1. The largest absolute Gasteiger partial charge is 0.459 e. The third-order valence-corrected chi connectivity index (χ3v) is 5.69. The van der Waals surface area contributed by atoms with Crippen molar-refractivity contribution in [3.05, 3.63) is 63.1 Å². The predicted octanol–water partition coefficient (Wildman–Crippen LogP) is 4.63. The van der Waals surface area contributed by atoms with Crippen molar-refractivity contribution >= 4 is 39.5 Å². The van der Waals surface area contributed by atoms with Gasteiger partial charge in [-0.3, -0.25) is 9.59 Å². The number of rotatable bonds is 6.